The summed E-state index contributed by atoms with van der Waals surface area (Å²) in [5.74, 6) is -0.649. The number of amidine groups is 1. The molecule has 0 spiro atoms. The lowest BCUT2D eigenvalue weighted by Gasteiger charge is -2.06. The summed E-state index contributed by atoms with van der Waals surface area (Å²) >= 11 is 9.87. The second-order valence-corrected chi connectivity index (χ2v) is 13.8. The first kappa shape index (κ1) is 30.5. The van der Waals surface area contributed by atoms with Crippen molar-refractivity contribution >= 4 is 96.8 Å². The molecule has 1 aromatic heterocycles. The van der Waals surface area contributed by atoms with Gasteiger partial charge in [-0.15, -0.1) is 11.3 Å². The van der Waals surface area contributed by atoms with Crippen molar-refractivity contribution in [2.24, 2.45) is 4.99 Å². The number of nitro groups is 1. The van der Waals surface area contributed by atoms with Crippen LogP contribution in [0, 0.1) is 24.0 Å². The predicted octanol–water partition coefficient (Wildman–Crippen LogP) is 8.77. The van der Waals surface area contributed by atoms with Gasteiger partial charge in [-0.2, -0.15) is 0 Å². The van der Waals surface area contributed by atoms with E-state index in [1.54, 1.807) is 60.7 Å². The molecule has 0 saturated carbocycles. The van der Waals surface area contributed by atoms with Crippen molar-refractivity contribution in [3.05, 3.63) is 121 Å². The third-order valence-electron chi connectivity index (χ3n) is 6.51. The van der Waals surface area contributed by atoms with Crippen molar-refractivity contribution in [2.75, 3.05) is 5.32 Å². The first-order valence-corrected chi connectivity index (χ1v) is 16.2. The van der Waals surface area contributed by atoms with E-state index in [2.05, 4.69) is 20.6 Å². The minimum Gasteiger partial charge on any atom is -0.322 e. The summed E-state index contributed by atoms with van der Waals surface area (Å²) in [5, 5.41) is 18.4. The first-order valence-electron chi connectivity index (χ1n) is 13.4. The zero-order valence-electron chi connectivity index (χ0n) is 23.7. The van der Waals surface area contributed by atoms with Gasteiger partial charge in [0.25, 0.3) is 17.5 Å². The number of anilines is 1. The second-order valence-electron chi connectivity index (χ2n) is 10.0. The van der Waals surface area contributed by atoms with E-state index in [0.29, 0.717) is 46.7 Å². The van der Waals surface area contributed by atoms with Crippen LogP contribution >= 0.6 is 46.5 Å². The number of thioether (sulfide) groups is 1. The van der Waals surface area contributed by atoms with Crippen LogP contribution in [0.3, 0.4) is 0 Å². The van der Waals surface area contributed by atoms with Gasteiger partial charge >= 0.3 is 0 Å². The highest BCUT2D eigenvalue weighted by molar-refractivity contribution is 8.18. The number of rotatable bonds is 7. The summed E-state index contributed by atoms with van der Waals surface area (Å²) in [7, 11) is 0. The topological polar surface area (TPSA) is 127 Å². The number of aliphatic imine (C=N–C) groups is 1. The predicted molar refractivity (Wildman–Crippen MR) is 183 cm³/mol. The number of halogens is 1. The monoisotopic (exact) mass is 671 g/mol. The normalized spacial score (nSPS) is 14.7. The second kappa shape index (κ2) is 12.9. The maximum Gasteiger partial charge on any atom is 0.283 e. The molecule has 9 nitrogen and oxygen atoms in total. The lowest BCUT2D eigenvalue weighted by atomic mass is 10.1. The van der Waals surface area contributed by atoms with Crippen molar-refractivity contribution in [2.45, 2.75) is 23.1 Å². The number of hydrogen-bond donors (Lipinski definition) is 2. The van der Waals surface area contributed by atoms with Gasteiger partial charge in [-0.1, -0.05) is 47.6 Å². The van der Waals surface area contributed by atoms with E-state index in [-0.39, 0.29) is 17.5 Å². The van der Waals surface area contributed by atoms with Crippen LogP contribution in [-0.4, -0.2) is 26.9 Å². The minimum absolute atomic E-state index is 0.103. The molecule has 1 fully saturated rings. The van der Waals surface area contributed by atoms with E-state index in [9.17, 15) is 19.7 Å². The summed E-state index contributed by atoms with van der Waals surface area (Å²) in [6, 6.07) is 22.8. The van der Waals surface area contributed by atoms with Crippen molar-refractivity contribution in [3.63, 3.8) is 0 Å². The summed E-state index contributed by atoms with van der Waals surface area (Å²) in [5.41, 5.74) is 4.92. The number of nitrogens with one attached hydrogen (secondary N) is 2. The Hall–Kier alpha value is -4.49. The molecule has 6 rings (SSSR count). The molecule has 5 aromatic rings. The average molecular weight is 672 g/mol. The molecule has 0 bridgehead atoms. The Bertz CT molecular complexity index is 2070. The summed E-state index contributed by atoms with van der Waals surface area (Å²) in [6.45, 7) is 3.96. The van der Waals surface area contributed by atoms with Crippen LogP contribution in [0.4, 0.5) is 17.1 Å². The van der Waals surface area contributed by atoms with Crippen LogP contribution in [0.25, 0.3) is 16.3 Å². The summed E-state index contributed by atoms with van der Waals surface area (Å²) in [6.07, 6.45) is 1.61. The number of amides is 2. The summed E-state index contributed by atoms with van der Waals surface area (Å²) < 4.78 is 1.41. The van der Waals surface area contributed by atoms with Crippen LogP contribution in [0.1, 0.15) is 27.0 Å². The van der Waals surface area contributed by atoms with Crippen molar-refractivity contribution < 1.29 is 14.5 Å². The van der Waals surface area contributed by atoms with E-state index in [1.165, 1.54) is 40.9 Å². The van der Waals surface area contributed by atoms with Crippen molar-refractivity contribution in [1.82, 2.24) is 10.3 Å². The molecule has 2 N–H and O–H groups in total. The zero-order valence-corrected chi connectivity index (χ0v) is 26.9. The Morgan fingerprint density at radius 3 is 2.60 bits per heavy atom. The molecule has 1 aliphatic heterocycles. The van der Waals surface area contributed by atoms with Gasteiger partial charge in [0.2, 0.25) is 0 Å². The highest BCUT2D eigenvalue weighted by Gasteiger charge is 2.25. The fourth-order valence-electron chi connectivity index (χ4n) is 4.58. The lowest BCUT2D eigenvalue weighted by molar-refractivity contribution is -0.387. The van der Waals surface area contributed by atoms with Crippen molar-refractivity contribution in [1.29, 1.82) is 0 Å². The van der Waals surface area contributed by atoms with Gasteiger partial charge in [0.05, 0.1) is 41.2 Å². The van der Waals surface area contributed by atoms with Gasteiger partial charge in [-0.3, -0.25) is 19.7 Å². The Labute approximate surface area is 275 Å². The molecule has 224 valence electrons. The number of nitro benzene ring substituents is 1. The number of carbonyl (C=O) groups excluding carboxylic acids is 2. The number of aromatic nitrogens is 1. The third-order valence-corrected chi connectivity index (χ3v) is 9.89. The van der Waals surface area contributed by atoms with Gasteiger partial charge in [-0.05, 0) is 96.9 Å². The van der Waals surface area contributed by atoms with Gasteiger partial charge in [0.15, 0.2) is 9.51 Å². The lowest BCUT2D eigenvalue weighted by Crippen LogP contribution is -2.19. The SMILES string of the molecule is Cc1cc(C)cc(N=C2NC(=O)/C(=C/c3ccc(Sc4nc5ccc(NC(=O)c6ccccc6Cl)cc5s4)c([N+](=O)[O-])c3)S2)c1. The highest BCUT2D eigenvalue weighted by atomic mass is 35.5. The fraction of sp³-hybridized carbons (Fsp3) is 0.0625. The number of benzene rings is 4. The molecule has 1 saturated heterocycles. The number of hydrogen-bond acceptors (Lipinski definition) is 9. The van der Waals surface area contributed by atoms with Crippen LogP contribution in [0.2, 0.25) is 5.02 Å². The first-order chi connectivity index (χ1) is 21.6. The number of carbonyl (C=O) groups is 2. The third kappa shape index (κ3) is 7.10. The molecule has 0 unspecified atom stereocenters. The van der Waals surface area contributed by atoms with Gasteiger partial charge in [0.1, 0.15) is 0 Å². The standard InChI is InChI=1S/C32H22ClN5O4S3/c1-17-11-18(2)13-21(12-17)35-31-37-30(40)28(43-31)15-19-7-10-26(25(14-19)38(41)42)44-32-36-24-9-8-20(16-27(24)45-32)34-29(39)22-5-3-4-6-23(22)33/h3-16H,1-2H3,(H,34,39)(H,35,37,40)/b28-15-. The number of aryl methyl sites for hydroxylation is 2. The maximum atomic E-state index is 12.7. The van der Waals surface area contributed by atoms with Gasteiger partial charge < -0.3 is 10.6 Å². The Balaban J connectivity index is 1.20. The molecular weight excluding hydrogens is 650 g/mol. The van der Waals surface area contributed by atoms with E-state index in [0.717, 1.165) is 21.5 Å². The Kier molecular flexibility index (Phi) is 8.72. The molecule has 2 amide bonds. The number of fused-ring (bicyclic) bond motifs is 1. The van der Waals surface area contributed by atoms with Crippen LogP contribution in [0.15, 0.2) is 98.0 Å². The minimum atomic E-state index is -0.450. The quantitative estimate of drug-likeness (QED) is 0.101. The number of thiazole rings is 1. The molecule has 4 aromatic carbocycles. The van der Waals surface area contributed by atoms with Crippen molar-refractivity contribution in [3.8, 4) is 0 Å². The molecule has 1 aliphatic rings. The molecule has 13 heteroatoms. The highest BCUT2D eigenvalue weighted by Crippen LogP contribution is 2.40. The maximum absolute atomic E-state index is 12.7. The van der Waals surface area contributed by atoms with E-state index < -0.39 is 4.92 Å². The van der Waals surface area contributed by atoms with E-state index in [4.69, 9.17) is 11.6 Å². The largest absolute Gasteiger partial charge is 0.322 e. The molecule has 45 heavy (non-hydrogen) atoms. The van der Waals surface area contributed by atoms with Crippen LogP contribution < -0.4 is 10.6 Å². The van der Waals surface area contributed by atoms with Crippen LogP contribution in [-0.2, 0) is 4.79 Å². The summed E-state index contributed by atoms with van der Waals surface area (Å²) in [4.78, 5) is 46.9. The smallest absolute Gasteiger partial charge is 0.283 e. The van der Waals surface area contributed by atoms with Crippen LogP contribution in [0.5, 0.6) is 0 Å². The molecule has 2 heterocycles. The molecular formula is C32H22ClN5O4S3. The van der Waals surface area contributed by atoms with Gasteiger partial charge in [0, 0.05) is 11.8 Å². The Morgan fingerprint density at radius 1 is 1.07 bits per heavy atom. The van der Waals surface area contributed by atoms with E-state index >= 15 is 0 Å². The zero-order chi connectivity index (χ0) is 31.7. The Morgan fingerprint density at radius 2 is 1.84 bits per heavy atom. The van der Waals surface area contributed by atoms with Gasteiger partial charge in [-0.25, -0.2) is 9.98 Å². The number of nitrogens with zero attached hydrogens (tertiary/aromatic N) is 3. The van der Waals surface area contributed by atoms with E-state index in [1.807, 2.05) is 32.0 Å². The molecule has 0 radical (unpaired) electrons. The molecule has 0 atom stereocenters. The molecule has 0 aliphatic carbocycles. The average Bonchev–Trinajstić information content (AvgIpc) is 3.54. The fourth-order valence-corrected chi connectivity index (χ4v) is 7.79.